The summed E-state index contributed by atoms with van der Waals surface area (Å²) in [6.07, 6.45) is 3.14. The SMILES string of the molecule is C[C@@H](CCC(=O)N1CCC(N2CCN(C)CC2)CC1)C(N)=O. The average molecular weight is 310 g/mol. The van der Waals surface area contributed by atoms with Gasteiger partial charge in [-0.25, -0.2) is 0 Å². The van der Waals surface area contributed by atoms with Crippen molar-refractivity contribution in [2.75, 3.05) is 46.3 Å². The highest BCUT2D eigenvalue weighted by atomic mass is 16.2. The van der Waals surface area contributed by atoms with Crippen LogP contribution in [0.5, 0.6) is 0 Å². The van der Waals surface area contributed by atoms with Crippen molar-refractivity contribution in [2.24, 2.45) is 11.7 Å². The summed E-state index contributed by atoms with van der Waals surface area (Å²) < 4.78 is 0. The second-order valence-electron chi connectivity index (χ2n) is 6.79. The smallest absolute Gasteiger partial charge is 0.222 e. The monoisotopic (exact) mass is 310 g/mol. The number of hydrogen-bond donors (Lipinski definition) is 1. The summed E-state index contributed by atoms with van der Waals surface area (Å²) in [5.74, 6) is -0.363. The summed E-state index contributed by atoms with van der Waals surface area (Å²) in [7, 11) is 2.17. The lowest BCUT2D eigenvalue weighted by molar-refractivity contribution is -0.133. The van der Waals surface area contributed by atoms with Gasteiger partial charge < -0.3 is 15.5 Å². The Labute approximate surface area is 133 Å². The van der Waals surface area contributed by atoms with Gasteiger partial charge in [0.1, 0.15) is 0 Å². The van der Waals surface area contributed by atoms with Crippen LogP contribution in [0.1, 0.15) is 32.6 Å². The lowest BCUT2D eigenvalue weighted by atomic mass is 10.0. The molecule has 2 heterocycles. The van der Waals surface area contributed by atoms with E-state index in [9.17, 15) is 9.59 Å². The summed E-state index contributed by atoms with van der Waals surface area (Å²) >= 11 is 0. The van der Waals surface area contributed by atoms with E-state index in [0.29, 0.717) is 18.9 Å². The number of nitrogens with two attached hydrogens (primary N) is 1. The Morgan fingerprint density at radius 3 is 2.23 bits per heavy atom. The molecular formula is C16H30N4O2. The summed E-state index contributed by atoms with van der Waals surface area (Å²) in [6.45, 7) is 8.06. The van der Waals surface area contributed by atoms with E-state index in [0.717, 1.165) is 52.1 Å². The van der Waals surface area contributed by atoms with Crippen LogP contribution in [0.3, 0.4) is 0 Å². The highest BCUT2D eigenvalue weighted by Gasteiger charge is 2.28. The quantitative estimate of drug-likeness (QED) is 0.783. The van der Waals surface area contributed by atoms with Crippen molar-refractivity contribution in [1.82, 2.24) is 14.7 Å². The third kappa shape index (κ3) is 4.68. The largest absolute Gasteiger partial charge is 0.369 e. The minimum Gasteiger partial charge on any atom is -0.369 e. The van der Waals surface area contributed by atoms with Crippen LogP contribution in [0, 0.1) is 5.92 Å². The summed E-state index contributed by atoms with van der Waals surface area (Å²) in [4.78, 5) is 30.1. The van der Waals surface area contributed by atoms with E-state index in [1.54, 1.807) is 6.92 Å². The van der Waals surface area contributed by atoms with E-state index in [1.165, 1.54) is 0 Å². The Bertz CT molecular complexity index is 386. The third-order valence-electron chi connectivity index (χ3n) is 5.15. The van der Waals surface area contributed by atoms with Crippen molar-refractivity contribution in [3.05, 3.63) is 0 Å². The second kappa shape index (κ2) is 7.92. The number of rotatable bonds is 5. The molecule has 2 amide bonds. The molecule has 2 N–H and O–H groups in total. The van der Waals surface area contributed by atoms with Crippen molar-refractivity contribution in [3.63, 3.8) is 0 Å². The third-order valence-corrected chi connectivity index (χ3v) is 5.15. The highest BCUT2D eigenvalue weighted by Crippen LogP contribution is 2.19. The van der Waals surface area contributed by atoms with Gasteiger partial charge in [-0.15, -0.1) is 0 Å². The lowest BCUT2D eigenvalue weighted by Gasteiger charge is -2.42. The average Bonchev–Trinajstić information content (AvgIpc) is 2.53. The predicted molar refractivity (Wildman–Crippen MR) is 86.3 cm³/mol. The van der Waals surface area contributed by atoms with Gasteiger partial charge in [0.15, 0.2) is 0 Å². The van der Waals surface area contributed by atoms with Gasteiger partial charge in [-0.2, -0.15) is 0 Å². The molecule has 2 aliphatic heterocycles. The number of hydrogen-bond acceptors (Lipinski definition) is 4. The molecular weight excluding hydrogens is 280 g/mol. The topological polar surface area (TPSA) is 69.9 Å². The summed E-state index contributed by atoms with van der Waals surface area (Å²) in [6, 6.07) is 0.627. The maximum absolute atomic E-state index is 12.2. The van der Waals surface area contributed by atoms with Gasteiger partial charge in [0.2, 0.25) is 11.8 Å². The Hall–Kier alpha value is -1.14. The highest BCUT2D eigenvalue weighted by molar-refractivity contribution is 5.79. The molecule has 0 aromatic carbocycles. The van der Waals surface area contributed by atoms with Gasteiger partial charge in [-0.05, 0) is 26.3 Å². The van der Waals surface area contributed by atoms with Gasteiger partial charge in [-0.3, -0.25) is 14.5 Å². The number of carbonyl (C=O) groups excluding carboxylic acids is 2. The summed E-state index contributed by atoms with van der Waals surface area (Å²) in [5.41, 5.74) is 5.24. The molecule has 0 aromatic rings. The number of piperazine rings is 1. The van der Waals surface area contributed by atoms with E-state index in [-0.39, 0.29) is 17.7 Å². The van der Waals surface area contributed by atoms with Crippen molar-refractivity contribution < 1.29 is 9.59 Å². The van der Waals surface area contributed by atoms with E-state index >= 15 is 0 Å². The van der Waals surface area contributed by atoms with Gasteiger partial charge in [0.25, 0.3) is 0 Å². The van der Waals surface area contributed by atoms with Crippen molar-refractivity contribution in [2.45, 2.75) is 38.6 Å². The Morgan fingerprint density at radius 2 is 1.68 bits per heavy atom. The first-order chi connectivity index (χ1) is 10.5. The number of piperidine rings is 1. The number of nitrogens with zero attached hydrogens (tertiary/aromatic N) is 3. The van der Waals surface area contributed by atoms with Gasteiger partial charge in [0.05, 0.1) is 0 Å². The molecule has 0 saturated carbocycles. The van der Waals surface area contributed by atoms with Gasteiger partial charge in [0, 0.05) is 57.6 Å². The minimum absolute atomic E-state index is 0.171. The predicted octanol–water partition coefficient (Wildman–Crippen LogP) is 0.126. The zero-order chi connectivity index (χ0) is 16.1. The van der Waals surface area contributed by atoms with Crippen molar-refractivity contribution in [3.8, 4) is 0 Å². The van der Waals surface area contributed by atoms with Gasteiger partial charge in [-0.1, -0.05) is 6.92 Å². The molecule has 2 aliphatic rings. The normalized spacial score (nSPS) is 23.5. The van der Waals surface area contributed by atoms with E-state index in [1.807, 2.05) is 4.90 Å². The minimum atomic E-state index is -0.318. The van der Waals surface area contributed by atoms with E-state index < -0.39 is 0 Å². The molecule has 126 valence electrons. The molecule has 0 aromatic heterocycles. The van der Waals surface area contributed by atoms with Crippen LogP contribution in [0.4, 0.5) is 0 Å². The molecule has 22 heavy (non-hydrogen) atoms. The molecule has 2 saturated heterocycles. The Balaban J connectivity index is 1.70. The lowest BCUT2D eigenvalue weighted by Crippen LogP contribution is -2.53. The first kappa shape index (κ1) is 17.2. The van der Waals surface area contributed by atoms with Crippen LogP contribution in [0.25, 0.3) is 0 Å². The number of likely N-dealkylation sites (N-methyl/N-ethyl adjacent to an activating group) is 1. The molecule has 6 heteroatoms. The van der Waals surface area contributed by atoms with E-state index in [2.05, 4.69) is 16.8 Å². The van der Waals surface area contributed by atoms with Crippen LogP contribution in [-0.4, -0.2) is 78.9 Å². The molecule has 1 atom stereocenters. The zero-order valence-corrected chi connectivity index (χ0v) is 14.0. The second-order valence-corrected chi connectivity index (χ2v) is 6.79. The molecule has 0 aliphatic carbocycles. The van der Waals surface area contributed by atoms with Crippen LogP contribution in [0.2, 0.25) is 0 Å². The van der Waals surface area contributed by atoms with E-state index in [4.69, 9.17) is 5.73 Å². The molecule has 0 spiro atoms. The standard InChI is InChI=1S/C16H30N4O2/c1-13(16(17)22)3-4-15(21)20-7-5-14(6-8-20)19-11-9-18(2)10-12-19/h13-14H,3-12H2,1-2H3,(H2,17,22)/t13-/m0/s1. The number of primary amides is 1. The zero-order valence-electron chi connectivity index (χ0n) is 14.0. The van der Waals surface area contributed by atoms with Crippen LogP contribution in [0.15, 0.2) is 0 Å². The maximum Gasteiger partial charge on any atom is 0.222 e. The number of amides is 2. The molecule has 6 nitrogen and oxygen atoms in total. The maximum atomic E-state index is 12.2. The molecule has 0 radical (unpaired) electrons. The first-order valence-corrected chi connectivity index (χ1v) is 8.47. The van der Waals surface area contributed by atoms with Gasteiger partial charge >= 0.3 is 0 Å². The van der Waals surface area contributed by atoms with Crippen molar-refractivity contribution >= 4 is 11.8 Å². The Morgan fingerprint density at radius 1 is 1.09 bits per heavy atom. The number of likely N-dealkylation sites (tertiary alicyclic amines) is 1. The molecule has 0 bridgehead atoms. The van der Waals surface area contributed by atoms with Crippen LogP contribution < -0.4 is 5.73 Å². The molecule has 0 unspecified atom stereocenters. The summed E-state index contributed by atoms with van der Waals surface area (Å²) in [5, 5.41) is 0. The first-order valence-electron chi connectivity index (χ1n) is 8.47. The van der Waals surface area contributed by atoms with Crippen LogP contribution in [-0.2, 0) is 9.59 Å². The fraction of sp³-hybridized carbons (Fsp3) is 0.875. The fourth-order valence-electron chi connectivity index (χ4n) is 3.31. The molecule has 2 fully saturated rings. The van der Waals surface area contributed by atoms with Crippen molar-refractivity contribution in [1.29, 1.82) is 0 Å². The van der Waals surface area contributed by atoms with Crippen LogP contribution >= 0.6 is 0 Å². The Kier molecular flexibility index (Phi) is 6.20. The number of carbonyl (C=O) groups is 2. The molecule has 2 rings (SSSR count). The fourth-order valence-corrected chi connectivity index (χ4v) is 3.31.